The molecule has 1 heterocycles. The van der Waals surface area contributed by atoms with Gasteiger partial charge >= 0.3 is 5.97 Å². The van der Waals surface area contributed by atoms with Gasteiger partial charge in [0.25, 0.3) is 5.91 Å². The molecule has 2 aliphatic rings. The number of hydrogen-bond acceptors (Lipinski definition) is 2. The summed E-state index contributed by atoms with van der Waals surface area (Å²) in [4.78, 5) is 26.0. The SMILES string of the molecule is O=C(O)C1C2CCCC2CN1C(=O)c1cc(I)ccc1Br. The largest absolute Gasteiger partial charge is 0.480 e. The Labute approximate surface area is 145 Å². The monoisotopic (exact) mass is 463 g/mol. The number of carbonyl (C=O) groups excluding carboxylic acids is 1. The number of likely N-dealkylation sites (tertiary alicyclic amines) is 1. The van der Waals surface area contributed by atoms with E-state index >= 15 is 0 Å². The Morgan fingerprint density at radius 1 is 1.33 bits per heavy atom. The Morgan fingerprint density at radius 3 is 2.81 bits per heavy atom. The third-order valence-corrected chi connectivity index (χ3v) is 5.93. The van der Waals surface area contributed by atoms with Crippen molar-refractivity contribution >= 4 is 50.4 Å². The lowest BCUT2D eigenvalue weighted by molar-refractivity contribution is -0.142. The summed E-state index contributed by atoms with van der Waals surface area (Å²) in [5.41, 5.74) is 0.549. The van der Waals surface area contributed by atoms with Crippen molar-refractivity contribution in [2.45, 2.75) is 25.3 Å². The second-order valence-corrected chi connectivity index (χ2v) is 7.82. The topological polar surface area (TPSA) is 57.6 Å². The Kier molecular flexibility index (Phi) is 4.27. The maximum absolute atomic E-state index is 12.8. The van der Waals surface area contributed by atoms with Gasteiger partial charge in [0.2, 0.25) is 0 Å². The molecule has 3 atom stereocenters. The first-order valence-corrected chi connectivity index (χ1v) is 8.85. The van der Waals surface area contributed by atoms with Crippen LogP contribution in [0.15, 0.2) is 22.7 Å². The Hall–Kier alpha value is -0.630. The minimum Gasteiger partial charge on any atom is -0.480 e. The summed E-state index contributed by atoms with van der Waals surface area (Å²) < 4.78 is 1.68. The molecule has 1 aliphatic carbocycles. The lowest BCUT2D eigenvalue weighted by Gasteiger charge is -2.25. The van der Waals surface area contributed by atoms with Gasteiger partial charge in [-0.15, -0.1) is 0 Å². The van der Waals surface area contributed by atoms with Gasteiger partial charge in [0, 0.05) is 14.6 Å². The molecular weight excluding hydrogens is 449 g/mol. The molecule has 1 aromatic carbocycles. The van der Waals surface area contributed by atoms with E-state index in [9.17, 15) is 14.7 Å². The quantitative estimate of drug-likeness (QED) is 0.684. The predicted molar refractivity (Wildman–Crippen MR) is 90.2 cm³/mol. The van der Waals surface area contributed by atoms with Crippen molar-refractivity contribution in [1.82, 2.24) is 4.90 Å². The molecule has 1 aliphatic heterocycles. The number of halogens is 2. The summed E-state index contributed by atoms with van der Waals surface area (Å²) in [7, 11) is 0. The minimum atomic E-state index is -0.875. The highest BCUT2D eigenvalue weighted by Crippen LogP contribution is 2.43. The van der Waals surface area contributed by atoms with Crippen LogP contribution < -0.4 is 0 Å². The zero-order chi connectivity index (χ0) is 15.1. The van der Waals surface area contributed by atoms with Gasteiger partial charge in [0.05, 0.1) is 5.56 Å². The van der Waals surface area contributed by atoms with Crippen molar-refractivity contribution < 1.29 is 14.7 Å². The van der Waals surface area contributed by atoms with Gasteiger partial charge in [0.15, 0.2) is 0 Å². The van der Waals surface area contributed by atoms with Crippen LogP contribution in [0, 0.1) is 15.4 Å². The lowest BCUT2D eigenvalue weighted by Crippen LogP contribution is -2.43. The molecule has 0 bridgehead atoms. The second kappa shape index (κ2) is 5.87. The van der Waals surface area contributed by atoms with E-state index in [2.05, 4.69) is 38.5 Å². The summed E-state index contributed by atoms with van der Waals surface area (Å²) in [5, 5.41) is 9.54. The maximum atomic E-state index is 12.8. The molecule has 1 aromatic rings. The van der Waals surface area contributed by atoms with Crippen LogP contribution in [0.4, 0.5) is 0 Å². The fourth-order valence-corrected chi connectivity index (χ4v) is 4.55. The molecule has 1 amide bonds. The van der Waals surface area contributed by atoms with Crippen LogP contribution in [0.3, 0.4) is 0 Å². The smallest absolute Gasteiger partial charge is 0.326 e. The van der Waals surface area contributed by atoms with Crippen LogP contribution in [-0.2, 0) is 4.79 Å². The van der Waals surface area contributed by atoms with Gasteiger partial charge in [-0.05, 0) is 81.4 Å². The first-order chi connectivity index (χ1) is 9.99. The standard InChI is InChI=1S/C15H15BrINO3/c16-12-5-4-9(17)6-11(12)14(19)18-7-8-2-1-3-10(8)13(18)15(20)21/h4-6,8,10,13H,1-3,7H2,(H,20,21). The van der Waals surface area contributed by atoms with Crippen LogP contribution in [0.1, 0.15) is 29.6 Å². The number of nitrogens with zero attached hydrogens (tertiary/aromatic N) is 1. The third-order valence-electron chi connectivity index (χ3n) is 4.56. The van der Waals surface area contributed by atoms with Gasteiger partial charge in [-0.1, -0.05) is 6.42 Å². The van der Waals surface area contributed by atoms with Crippen molar-refractivity contribution in [2.75, 3.05) is 6.54 Å². The van der Waals surface area contributed by atoms with Crippen LogP contribution in [-0.4, -0.2) is 34.5 Å². The molecule has 1 N–H and O–H groups in total. The molecular formula is C15H15BrINO3. The number of carboxylic acids is 1. The molecule has 0 spiro atoms. The third kappa shape index (κ3) is 2.72. The second-order valence-electron chi connectivity index (χ2n) is 5.72. The number of aliphatic carboxylic acids is 1. The van der Waals surface area contributed by atoms with Crippen LogP contribution in [0.2, 0.25) is 0 Å². The number of rotatable bonds is 2. The molecule has 4 nitrogen and oxygen atoms in total. The van der Waals surface area contributed by atoms with Gasteiger partial charge < -0.3 is 10.0 Å². The average Bonchev–Trinajstić information content (AvgIpc) is 3.00. The minimum absolute atomic E-state index is 0.119. The maximum Gasteiger partial charge on any atom is 0.326 e. The predicted octanol–water partition coefficient (Wildman–Crippen LogP) is 3.38. The van der Waals surface area contributed by atoms with Crippen molar-refractivity contribution in [1.29, 1.82) is 0 Å². The zero-order valence-corrected chi connectivity index (χ0v) is 15.0. The number of amides is 1. The highest BCUT2D eigenvalue weighted by atomic mass is 127. The van der Waals surface area contributed by atoms with E-state index in [0.29, 0.717) is 22.5 Å². The highest BCUT2D eigenvalue weighted by Gasteiger charge is 2.49. The summed E-state index contributed by atoms with van der Waals surface area (Å²) in [6.07, 6.45) is 3.03. The van der Waals surface area contributed by atoms with E-state index in [1.165, 1.54) is 0 Å². The molecule has 3 rings (SSSR count). The number of benzene rings is 1. The van der Waals surface area contributed by atoms with E-state index in [-0.39, 0.29) is 11.8 Å². The summed E-state index contributed by atoms with van der Waals surface area (Å²) in [6, 6.07) is 4.88. The van der Waals surface area contributed by atoms with Gasteiger partial charge in [-0.25, -0.2) is 4.79 Å². The first kappa shape index (κ1) is 15.3. The van der Waals surface area contributed by atoms with E-state index in [1.807, 2.05) is 12.1 Å². The van der Waals surface area contributed by atoms with E-state index < -0.39 is 12.0 Å². The van der Waals surface area contributed by atoms with Crippen molar-refractivity contribution in [3.63, 3.8) is 0 Å². The number of carbonyl (C=O) groups is 2. The van der Waals surface area contributed by atoms with Crippen LogP contribution >= 0.6 is 38.5 Å². The highest BCUT2D eigenvalue weighted by molar-refractivity contribution is 14.1. The number of hydrogen-bond donors (Lipinski definition) is 1. The molecule has 3 unspecified atom stereocenters. The molecule has 2 fully saturated rings. The molecule has 0 aromatic heterocycles. The fourth-order valence-electron chi connectivity index (χ4n) is 3.65. The molecule has 1 saturated carbocycles. The molecule has 1 saturated heterocycles. The van der Waals surface area contributed by atoms with Crippen molar-refractivity contribution in [3.8, 4) is 0 Å². The van der Waals surface area contributed by atoms with Crippen LogP contribution in [0.5, 0.6) is 0 Å². The Bertz CT molecular complexity index is 607. The van der Waals surface area contributed by atoms with E-state index in [4.69, 9.17) is 0 Å². The fraction of sp³-hybridized carbons (Fsp3) is 0.467. The normalized spacial score (nSPS) is 27.7. The van der Waals surface area contributed by atoms with Crippen LogP contribution in [0.25, 0.3) is 0 Å². The molecule has 21 heavy (non-hydrogen) atoms. The molecule has 6 heteroatoms. The number of fused-ring (bicyclic) bond motifs is 1. The molecule has 112 valence electrons. The van der Waals surface area contributed by atoms with Crippen molar-refractivity contribution in [3.05, 3.63) is 31.8 Å². The summed E-state index contributed by atoms with van der Waals surface area (Å²) >= 11 is 5.55. The van der Waals surface area contributed by atoms with E-state index in [1.54, 1.807) is 11.0 Å². The number of carboxylic acid groups (broad SMARTS) is 1. The van der Waals surface area contributed by atoms with E-state index in [0.717, 1.165) is 22.8 Å². The van der Waals surface area contributed by atoms with Crippen molar-refractivity contribution in [2.24, 2.45) is 11.8 Å². The average molecular weight is 464 g/mol. The Balaban J connectivity index is 1.93. The zero-order valence-electron chi connectivity index (χ0n) is 11.3. The summed E-state index contributed by atoms with van der Waals surface area (Å²) in [5.74, 6) is -0.591. The molecule has 0 radical (unpaired) electrons. The first-order valence-electron chi connectivity index (χ1n) is 6.98. The summed E-state index contributed by atoms with van der Waals surface area (Å²) in [6.45, 7) is 0.568. The lowest BCUT2D eigenvalue weighted by atomic mass is 9.94. The van der Waals surface area contributed by atoms with Gasteiger partial charge in [-0.3, -0.25) is 4.79 Å². The van der Waals surface area contributed by atoms with Gasteiger partial charge in [-0.2, -0.15) is 0 Å². The Morgan fingerprint density at radius 2 is 2.10 bits per heavy atom. The van der Waals surface area contributed by atoms with Gasteiger partial charge in [0.1, 0.15) is 6.04 Å².